The van der Waals surface area contributed by atoms with Gasteiger partial charge in [-0.15, -0.1) is 0 Å². The van der Waals surface area contributed by atoms with Crippen LogP contribution in [0.15, 0.2) is 51.6 Å². The second kappa shape index (κ2) is 6.18. The number of aliphatic hydroxyl groups excluding tert-OH is 1. The largest absolute Gasteiger partial charge is 0.467 e. The van der Waals surface area contributed by atoms with E-state index in [1.54, 1.807) is 18.4 Å². The van der Waals surface area contributed by atoms with Crippen LogP contribution < -0.4 is 5.32 Å². The molecule has 1 heterocycles. The molecule has 4 heteroatoms. The van der Waals surface area contributed by atoms with Crippen LogP contribution in [0.25, 0.3) is 0 Å². The van der Waals surface area contributed by atoms with Crippen molar-refractivity contribution in [1.82, 2.24) is 5.32 Å². The monoisotopic (exact) mass is 309 g/mol. The normalized spacial score (nSPS) is 14.4. The molecule has 0 amide bonds. The summed E-state index contributed by atoms with van der Waals surface area (Å²) < 4.78 is 6.21. The first kappa shape index (κ1) is 13.3. The molecule has 2 N–H and O–H groups in total. The molecule has 2 rings (SSSR count). The van der Waals surface area contributed by atoms with Gasteiger partial charge < -0.3 is 14.8 Å². The van der Waals surface area contributed by atoms with E-state index in [1.165, 1.54) is 5.56 Å². The van der Waals surface area contributed by atoms with Crippen LogP contribution in [0.1, 0.15) is 30.4 Å². The minimum absolute atomic E-state index is 0.173. The van der Waals surface area contributed by atoms with Gasteiger partial charge in [-0.05, 0) is 36.8 Å². The summed E-state index contributed by atoms with van der Waals surface area (Å²) in [7, 11) is 0. The Kier molecular flexibility index (Phi) is 4.58. The lowest BCUT2D eigenvalue weighted by atomic mass is 10.1. The van der Waals surface area contributed by atoms with Crippen LogP contribution in [0.3, 0.4) is 0 Å². The third-order valence-corrected chi connectivity index (χ3v) is 3.33. The van der Waals surface area contributed by atoms with E-state index in [0.29, 0.717) is 12.3 Å². The third-order valence-electron chi connectivity index (χ3n) is 2.84. The lowest BCUT2D eigenvalue weighted by Crippen LogP contribution is -2.24. The number of hydrogen-bond acceptors (Lipinski definition) is 3. The first-order valence-corrected chi connectivity index (χ1v) is 6.66. The van der Waals surface area contributed by atoms with E-state index in [1.807, 2.05) is 12.1 Å². The Morgan fingerprint density at radius 3 is 2.83 bits per heavy atom. The lowest BCUT2D eigenvalue weighted by Gasteiger charge is -2.16. The highest BCUT2D eigenvalue weighted by atomic mass is 79.9. The minimum Gasteiger partial charge on any atom is -0.467 e. The highest BCUT2D eigenvalue weighted by Gasteiger charge is 2.12. The van der Waals surface area contributed by atoms with Crippen LogP contribution >= 0.6 is 15.9 Å². The molecule has 2 unspecified atom stereocenters. The van der Waals surface area contributed by atoms with E-state index in [9.17, 15) is 5.11 Å². The zero-order valence-electron chi connectivity index (χ0n) is 10.1. The summed E-state index contributed by atoms with van der Waals surface area (Å²) in [4.78, 5) is 0. The Balaban J connectivity index is 1.90. The van der Waals surface area contributed by atoms with Gasteiger partial charge in [-0.25, -0.2) is 0 Å². The van der Waals surface area contributed by atoms with Crippen molar-refractivity contribution in [1.29, 1.82) is 0 Å². The Morgan fingerprint density at radius 2 is 2.17 bits per heavy atom. The molecule has 0 aliphatic rings. The predicted molar refractivity (Wildman–Crippen MR) is 74.2 cm³/mol. The van der Waals surface area contributed by atoms with Gasteiger partial charge in [0.15, 0.2) is 0 Å². The van der Waals surface area contributed by atoms with Crippen LogP contribution in [0.4, 0.5) is 0 Å². The summed E-state index contributed by atoms with van der Waals surface area (Å²) in [5.41, 5.74) is 1.18. The number of furan rings is 1. The van der Waals surface area contributed by atoms with E-state index in [0.717, 1.165) is 4.47 Å². The van der Waals surface area contributed by atoms with Crippen LogP contribution in [-0.2, 0) is 0 Å². The van der Waals surface area contributed by atoms with Gasteiger partial charge in [0.2, 0.25) is 0 Å². The molecule has 3 nitrogen and oxygen atoms in total. The molecule has 0 bridgehead atoms. The fourth-order valence-electron chi connectivity index (χ4n) is 1.76. The zero-order chi connectivity index (χ0) is 13.0. The molecule has 96 valence electrons. The second-order valence-corrected chi connectivity index (χ2v) is 5.13. The topological polar surface area (TPSA) is 45.4 Å². The maximum absolute atomic E-state index is 9.89. The highest BCUT2D eigenvalue weighted by Crippen LogP contribution is 2.19. The number of halogens is 1. The van der Waals surface area contributed by atoms with Crippen molar-refractivity contribution >= 4 is 15.9 Å². The SMILES string of the molecule is CC(NCC(O)c1ccco1)c1cccc(Br)c1. The summed E-state index contributed by atoms with van der Waals surface area (Å²) in [5, 5.41) is 13.2. The van der Waals surface area contributed by atoms with Crippen molar-refractivity contribution in [3.63, 3.8) is 0 Å². The molecule has 0 fully saturated rings. The predicted octanol–water partition coefficient (Wildman–Crippen LogP) is 3.43. The van der Waals surface area contributed by atoms with Crippen LogP contribution in [0.2, 0.25) is 0 Å². The maximum atomic E-state index is 9.89. The molecule has 18 heavy (non-hydrogen) atoms. The van der Waals surface area contributed by atoms with E-state index in [-0.39, 0.29) is 6.04 Å². The summed E-state index contributed by atoms with van der Waals surface area (Å²) >= 11 is 3.45. The molecule has 0 saturated carbocycles. The van der Waals surface area contributed by atoms with E-state index < -0.39 is 6.10 Å². The molecule has 0 aliphatic carbocycles. The summed E-state index contributed by atoms with van der Waals surface area (Å²) in [5.74, 6) is 0.587. The standard InChI is InChI=1S/C14H16BrNO2/c1-10(11-4-2-5-12(15)8-11)16-9-13(17)14-6-3-7-18-14/h2-8,10,13,16-17H,9H2,1H3. The van der Waals surface area contributed by atoms with Gasteiger partial charge >= 0.3 is 0 Å². The number of benzene rings is 1. The van der Waals surface area contributed by atoms with Crippen LogP contribution in [-0.4, -0.2) is 11.7 Å². The van der Waals surface area contributed by atoms with Gasteiger partial charge in [0.1, 0.15) is 11.9 Å². The maximum Gasteiger partial charge on any atom is 0.133 e. The van der Waals surface area contributed by atoms with Gasteiger partial charge in [0.25, 0.3) is 0 Å². The molecule has 2 atom stereocenters. The lowest BCUT2D eigenvalue weighted by molar-refractivity contribution is 0.144. The Morgan fingerprint density at radius 1 is 1.33 bits per heavy atom. The molecule has 1 aromatic heterocycles. The summed E-state index contributed by atoms with van der Waals surface area (Å²) in [6.07, 6.45) is 0.950. The molecule has 0 saturated heterocycles. The Hall–Kier alpha value is -1.10. The summed E-state index contributed by atoms with van der Waals surface area (Å²) in [6.45, 7) is 2.53. The van der Waals surface area contributed by atoms with Gasteiger partial charge in [-0.2, -0.15) is 0 Å². The average molecular weight is 310 g/mol. The van der Waals surface area contributed by atoms with Crippen LogP contribution in [0.5, 0.6) is 0 Å². The van der Waals surface area contributed by atoms with Crippen molar-refractivity contribution in [2.24, 2.45) is 0 Å². The molecule has 0 spiro atoms. The fourth-order valence-corrected chi connectivity index (χ4v) is 2.18. The first-order chi connectivity index (χ1) is 8.66. The smallest absolute Gasteiger partial charge is 0.133 e. The van der Waals surface area contributed by atoms with Crippen molar-refractivity contribution in [3.05, 3.63) is 58.5 Å². The molecular formula is C14H16BrNO2. The summed E-state index contributed by atoms with van der Waals surface area (Å²) in [6, 6.07) is 11.8. The van der Waals surface area contributed by atoms with Gasteiger partial charge in [-0.3, -0.25) is 0 Å². The van der Waals surface area contributed by atoms with Gasteiger partial charge in [0.05, 0.1) is 6.26 Å². The van der Waals surface area contributed by atoms with Crippen molar-refractivity contribution in [2.75, 3.05) is 6.54 Å². The highest BCUT2D eigenvalue weighted by molar-refractivity contribution is 9.10. The van der Waals surface area contributed by atoms with E-state index >= 15 is 0 Å². The second-order valence-electron chi connectivity index (χ2n) is 4.22. The number of aliphatic hydroxyl groups is 1. The molecule has 0 radical (unpaired) electrons. The van der Waals surface area contributed by atoms with E-state index in [2.05, 4.69) is 40.3 Å². The first-order valence-electron chi connectivity index (χ1n) is 5.87. The van der Waals surface area contributed by atoms with Gasteiger partial charge in [0, 0.05) is 17.1 Å². The van der Waals surface area contributed by atoms with Crippen LogP contribution in [0, 0.1) is 0 Å². The van der Waals surface area contributed by atoms with E-state index in [4.69, 9.17) is 4.42 Å². The minimum atomic E-state index is -0.616. The molecule has 2 aromatic rings. The Labute approximate surface area is 115 Å². The number of hydrogen-bond donors (Lipinski definition) is 2. The van der Waals surface area contributed by atoms with Crippen molar-refractivity contribution in [3.8, 4) is 0 Å². The number of rotatable bonds is 5. The number of nitrogens with one attached hydrogen (secondary N) is 1. The zero-order valence-corrected chi connectivity index (χ0v) is 11.7. The van der Waals surface area contributed by atoms with Crippen molar-refractivity contribution < 1.29 is 9.52 Å². The fraction of sp³-hybridized carbons (Fsp3) is 0.286. The van der Waals surface area contributed by atoms with Gasteiger partial charge in [-0.1, -0.05) is 28.1 Å². The quantitative estimate of drug-likeness (QED) is 0.889. The Bertz CT molecular complexity index is 484. The molecular weight excluding hydrogens is 294 g/mol. The molecule has 1 aromatic carbocycles. The molecule has 0 aliphatic heterocycles. The van der Waals surface area contributed by atoms with Crippen molar-refractivity contribution in [2.45, 2.75) is 19.1 Å². The third kappa shape index (κ3) is 3.45. The average Bonchev–Trinajstić information content (AvgIpc) is 2.89.